The quantitative estimate of drug-likeness (QED) is 0.466. The highest BCUT2D eigenvalue weighted by Gasteiger charge is 2.72. The second-order valence-corrected chi connectivity index (χ2v) is 4.26. The zero-order valence-corrected chi connectivity index (χ0v) is 8.83. The number of methoxy groups -OCH3 is 1. The Kier molecular flexibility index (Phi) is 2.08. The van der Waals surface area contributed by atoms with Crippen molar-refractivity contribution in [3.63, 3.8) is 0 Å². The van der Waals surface area contributed by atoms with Gasteiger partial charge in [-0.2, -0.15) is 0 Å². The number of carbonyl (C=O) groups excluding carboxylic acids is 1. The number of carbonyl (C=O) groups is 1. The minimum atomic E-state index is -0.736. The summed E-state index contributed by atoms with van der Waals surface area (Å²) in [5, 5.41) is 0. The molecule has 0 saturated carbocycles. The van der Waals surface area contributed by atoms with E-state index in [2.05, 4.69) is 0 Å². The summed E-state index contributed by atoms with van der Waals surface area (Å²) in [6.07, 6.45) is 1.72. The maximum Gasteiger partial charge on any atom is 0.340 e. The molecule has 0 bridgehead atoms. The van der Waals surface area contributed by atoms with Crippen molar-refractivity contribution < 1.29 is 19.0 Å². The molecule has 0 radical (unpaired) electrons. The highest BCUT2D eigenvalue weighted by molar-refractivity contribution is 5.84. The van der Waals surface area contributed by atoms with Crippen LogP contribution < -0.4 is 0 Å². The Hall–Kier alpha value is -0.610. The summed E-state index contributed by atoms with van der Waals surface area (Å²) in [4.78, 5) is 11.5. The zero-order valence-electron chi connectivity index (χ0n) is 8.83. The summed E-state index contributed by atoms with van der Waals surface area (Å²) >= 11 is 0. The van der Waals surface area contributed by atoms with Gasteiger partial charge >= 0.3 is 5.97 Å². The lowest BCUT2D eigenvalue weighted by atomic mass is 9.85. The molecule has 0 aromatic carbocycles. The van der Waals surface area contributed by atoms with Crippen LogP contribution in [0.5, 0.6) is 0 Å². The smallest absolute Gasteiger partial charge is 0.340 e. The van der Waals surface area contributed by atoms with E-state index < -0.39 is 5.60 Å². The first kappa shape index (κ1) is 9.93. The molecule has 0 amide bonds. The molecule has 1 spiro atoms. The molecule has 0 N–H and O–H groups in total. The van der Waals surface area contributed by atoms with Crippen LogP contribution in [0.15, 0.2) is 0 Å². The Morgan fingerprint density at radius 3 is 2.86 bits per heavy atom. The zero-order chi connectivity index (χ0) is 10.4. The van der Waals surface area contributed by atoms with Gasteiger partial charge in [-0.25, -0.2) is 4.79 Å². The fourth-order valence-corrected chi connectivity index (χ4v) is 2.36. The third-order valence-corrected chi connectivity index (χ3v) is 3.33. The molecule has 2 fully saturated rings. The number of ether oxygens (including phenoxy) is 3. The normalized spacial score (nSPS) is 46.4. The fraction of sp³-hybridized carbons (Fsp3) is 0.900. The molecule has 4 nitrogen and oxygen atoms in total. The van der Waals surface area contributed by atoms with Crippen LogP contribution in [0.2, 0.25) is 0 Å². The lowest BCUT2D eigenvalue weighted by Gasteiger charge is -2.26. The molecule has 0 aromatic heterocycles. The largest absolute Gasteiger partial charge is 0.467 e. The van der Waals surface area contributed by atoms with Crippen molar-refractivity contribution >= 4 is 5.97 Å². The standard InChI is InChI=1S/C10H16O4/c1-7-6-10(4-5-13-7)9(2,14-10)8(11)12-3/h7H,4-6H2,1-3H3. The first-order valence-electron chi connectivity index (χ1n) is 4.94. The first-order chi connectivity index (χ1) is 6.54. The van der Waals surface area contributed by atoms with Gasteiger partial charge in [0.05, 0.1) is 13.2 Å². The van der Waals surface area contributed by atoms with Crippen molar-refractivity contribution in [3.05, 3.63) is 0 Å². The van der Waals surface area contributed by atoms with E-state index in [1.54, 1.807) is 6.92 Å². The molecule has 3 unspecified atom stereocenters. The Bertz CT molecular complexity index is 265. The molecule has 3 atom stereocenters. The van der Waals surface area contributed by atoms with Crippen LogP contribution in [0.1, 0.15) is 26.7 Å². The second-order valence-electron chi connectivity index (χ2n) is 4.26. The lowest BCUT2D eigenvalue weighted by Crippen LogP contribution is -2.39. The van der Waals surface area contributed by atoms with Crippen LogP contribution in [0, 0.1) is 0 Å². The van der Waals surface area contributed by atoms with E-state index in [0.29, 0.717) is 6.61 Å². The third-order valence-electron chi connectivity index (χ3n) is 3.33. The van der Waals surface area contributed by atoms with Gasteiger partial charge in [-0.3, -0.25) is 0 Å². The van der Waals surface area contributed by atoms with Crippen molar-refractivity contribution in [1.29, 1.82) is 0 Å². The SMILES string of the molecule is COC(=O)C1(C)OC12CCOC(C)C2. The Morgan fingerprint density at radius 1 is 1.57 bits per heavy atom. The van der Waals surface area contributed by atoms with E-state index in [1.807, 2.05) is 6.92 Å². The van der Waals surface area contributed by atoms with Crippen molar-refractivity contribution in [3.8, 4) is 0 Å². The summed E-state index contributed by atoms with van der Waals surface area (Å²) in [6.45, 7) is 4.46. The Morgan fingerprint density at radius 2 is 2.29 bits per heavy atom. The highest BCUT2D eigenvalue weighted by Crippen LogP contribution is 2.55. The molecule has 0 aliphatic carbocycles. The van der Waals surface area contributed by atoms with Gasteiger partial charge in [-0.15, -0.1) is 0 Å². The Labute approximate surface area is 83.5 Å². The molecule has 14 heavy (non-hydrogen) atoms. The minimum Gasteiger partial charge on any atom is -0.467 e. The van der Waals surface area contributed by atoms with Crippen LogP contribution in [0.3, 0.4) is 0 Å². The molecule has 80 valence electrons. The molecular formula is C10H16O4. The Balaban J connectivity index is 2.10. The van der Waals surface area contributed by atoms with Gasteiger partial charge < -0.3 is 14.2 Å². The van der Waals surface area contributed by atoms with E-state index >= 15 is 0 Å². The fourth-order valence-electron chi connectivity index (χ4n) is 2.36. The predicted octanol–water partition coefficient (Wildman–Crippen LogP) is 0.886. The van der Waals surface area contributed by atoms with Crippen molar-refractivity contribution in [2.24, 2.45) is 0 Å². The summed E-state index contributed by atoms with van der Waals surface area (Å²) in [6, 6.07) is 0. The van der Waals surface area contributed by atoms with Crippen molar-refractivity contribution in [1.82, 2.24) is 0 Å². The van der Waals surface area contributed by atoms with E-state index in [-0.39, 0.29) is 17.7 Å². The summed E-state index contributed by atoms with van der Waals surface area (Å²) < 4.78 is 15.8. The average Bonchev–Trinajstić information content (AvgIpc) is 2.70. The number of hydrogen-bond acceptors (Lipinski definition) is 4. The number of hydrogen-bond donors (Lipinski definition) is 0. The van der Waals surface area contributed by atoms with Crippen LogP contribution in [-0.2, 0) is 19.0 Å². The molecule has 2 aliphatic rings. The molecule has 0 aromatic rings. The van der Waals surface area contributed by atoms with Crippen LogP contribution in [0.25, 0.3) is 0 Å². The van der Waals surface area contributed by atoms with E-state index in [4.69, 9.17) is 14.2 Å². The highest BCUT2D eigenvalue weighted by atomic mass is 16.7. The van der Waals surface area contributed by atoms with Crippen molar-refractivity contribution in [2.45, 2.75) is 44.0 Å². The monoisotopic (exact) mass is 200 g/mol. The molecule has 2 rings (SSSR count). The van der Waals surface area contributed by atoms with Gasteiger partial charge in [-0.05, 0) is 13.8 Å². The minimum absolute atomic E-state index is 0.162. The van der Waals surface area contributed by atoms with Crippen LogP contribution in [-0.4, -0.2) is 37.0 Å². The van der Waals surface area contributed by atoms with Crippen LogP contribution in [0.4, 0.5) is 0 Å². The predicted molar refractivity (Wildman–Crippen MR) is 48.9 cm³/mol. The number of rotatable bonds is 1. The topological polar surface area (TPSA) is 48.1 Å². The summed E-state index contributed by atoms with van der Waals surface area (Å²) in [5.41, 5.74) is -1.06. The molecule has 2 heterocycles. The van der Waals surface area contributed by atoms with Gasteiger partial charge in [-0.1, -0.05) is 0 Å². The molecule has 4 heteroatoms. The average molecular weight is 200 g/mol. The number of esters is 1. The van der Waals surface area contributed by atoms with Gasteiger partial charge in [0.25, 0.3) is 0 Å². The summed E-state index contributed by atoms with van der Waals surface area (Å²) in [7, 11) is 1.39. The van der Waals surface area contributed by atoms with Gasteiger partial charge in [0.15, 0.2) is 5.60 Å². The van der Waals surface area contributed by atoms with Gasteiger partial charge in [0.2, 0.25) is 0 Å². The number of epoxide rings is 1. The van der Waals surface area contributed by atoms with Crippen LogP contribution >= 0.6 is 0 Å². The molecule has 2 aliphatic heterocycles. The first-order valence-corrected chi connectivity index (χ1v) is 4.94. The van der Waals surface area contributed by atoms with E-state index in [9.17, 15) is 4.79 Å². The maximum atomic E-state index is 11.5. The van der Waals surface area contributed by atoms with Crippen molar-refractivity contribution in [2.75, 3.05) is 13.7 Å². The molecular weight excluding hydrogens is 184 g/mol. The third kappa shape index (κ3) is 1.17. The molecule has 2 saturated heterocycles. The maximum absolute atomic E-state index is 11.5. The summed E-state index contributed by atoms with van der Waals surface area (Å²) in [5.74, 6) is -0.272. The van der Waals surface area contributed by atoms with Gasteiger partial charge in [0.1, 0.15) is 5.60 Å². The van der Waals surface area contributed by atoms with Gasteiger partial charge in [0, 0.05) is 19.4 Å². The van der Waals surface area contributed by atoms with E-state index in [0.717, 1.165) is 12.8 Å². The van der Waals surface area contributed by atoms with E-state index in [1.165, 1.54) is 7.11 Å². The second kappa shape index (κ2) is 2.94. The lowest BCUT2D eigenvalue weighted by molar-refractivity contribution is -0.146.